The van der Waals surface area contributed by atoms with Crippen molar-refractivity contribution in [1.82, 2.24) is 15.8 Å². The van der Waals surface area contributed by atoms with Gasteiger partial charge >= 0.3 is 0 Å². The summed E-state index contributed by atoms with van der Waals surface area (Å²) >= 11 is 1.16. The number of carbonyl (C=O) groups excluding carboxylic acids is 2. The molecule has 7 heteroatoms. The first-order valence-electron chi connectivity index (χ1n) is 8.86. The predicted molar refractivity (Wildman–Crippen MR) is 111 cm³/mol. The maximum Gasteiger partial charge on any atom is 0.262 e. The molecule has 2 N–H and O–H groups in total. The van der Waals surface area contributed by atoms with Crippen LogP contribution in [0, 0.1) is 0 Å². The van der Waals surface area contributed by atoms with Crippen molar-refractivity contribution >= 4 is 40.8 Å². The number of thioether (sulfide) groups is 1. The lowest BCUT2D eigenvalue weighted by molar-refractivity contribution is -0.125. The number of nitrogens with zero attached hydrogens (tertiary/aromatic N) is 1. The van der Waals surface area contributed by atoms with E-state index in [9.17, 15) is 9.59 Å². The monoisotopic (exact) mass is 395 g/mol. The van der Waals surface area contributed by atoms with Crippen LogP contribution in [0.4, 0.5) is 0 Å². The molecule has 0 radical (unpaired) electrons. The highest BCUT2D eigenvalue weighted by Crippen LogP contribution is 2.22. The summed E-state index contributed by atoms with van der Waals surface area (Å²) in [4.78, 5) is 28.0. The van der Waals surface area contributed by atoms with Crippen LogP contribution in [-0.4, -0.2) is 22.6 Å². The maximum absolute atomic E-state index is 11.9. The van der Waals surface area contributed by atoms with Crippen LogP contribution in [0.15, 0.2) is 64.2 Å². The smallest absolute Gasteiger partial charge is 0.262 e. The van der Waals surface area contributed by atoms with Gasteiger partial charge < -0.3 is 4.42 Å². The van der Waals surface area contributed by atoms with Crippen LogP contribution in [0.3, 0.4) is 0 Å². The lowest BCUT2D eigenvalue weighted by Crippen LogP contribution is -2.41. The molecule has 0 aliphatic rings. The fourth-order valence-electron chi connectivity index (χ4n) is 2.41. The normalized spacial score (nSPS) is 11.2. The van der Waals surface area contributed by atoms with E-state index in [-0.39, 0.29) is 11.7 Å². The number of hydrogen-bond donors (Lipinski definition) is 2. The Kier molecular flexibility index (Phi) is 6.49. The number of hydrogen-bond acceptors (Lipinski definition) is 5. The van der Waals surface area contributed by atoms with E-state index in [1.165, 1.54) is 11.6 Å². The highest BCUT2D eigenvalue weighted by atomic mass is 32.2. The van der Waals surface area contributed by atoms with E-state index in [2.05, 4.69) is 29.7 Å². The van der Waals surface area contributed by atoms with Gasteiger partial charge in [0, 0.05) is 6.08 Å². The molecule has 1 aromatic heterocycles. The number of hydrazine groups is 1. The Morgan fingerprint density at radius 1 is 1.11 bits per heavy atom. The molecule has 144 valence electrons. The number of para-hydroxylation sites is 2. The van der Waals surface area contributed by atoms with Gasteiger partial charge in [0.15, 0.2) is 5.58 Å². The Balaban J connectivity index is 1.42. The average molecular weight is 395 g/mol. The van der Waals surface area contributed by atoms with E-state index >= 15 is 0 Å². The topological polar surface area (TPSA) is 84.2 Å². The predicted octanol–water partition coefficient (Wildman–Crippen LogP) is 3.90. The van der Waals surface area contributed by atoms with Crippen molar-refractivity contribution in [3.05, 3.63) is 65.7 Å². The highest BCUT2D eigenvalue weighted by Gasteiger charge is 2.09. The summed E-state index contributed by atoms with van der Waals surface area (Å²) in [5.74, 6) is -0.222. The SMILES string of the molecule is CC(C)c1ccc(/C=C/C(=O)NNC(=O)CSc2nc3ccccc3o2)cc1. The molecule has 1 heterocycles. The average Bonchev–Trinajstić information content (AvgIpc) is 3.12. The summed E-state index contributed by atoms with van der Waals surface area (Å²) in [6, 6.07) is 15.4. The van der Waals surface area contributed by atoms with E-state index in [0.29, 0.717) is 16.7 Å². The van der Waals surface area contributed by atoms with Crippen molar-refractivity contribution in [2.45, 2.75) is 25.0 Å². The Labute approximate surface area is 167 Å². The Bertz CT molecular complexity index is 961. The van der Waals surface area contributed by atoms with E-state index in [0.717, 1.165) is 22.8 Å². The van der Waals surface area contributed by atoms with Crippen LogP contribution < -0.4 is 10.9 Å². The van der Waals surface area contributed by atoms with Crippen LogP contribution in [0.1, 0.15) is 30.9 Å². The van der Waals surface area contributed by atoms with Gasteiger partial charge in [-0.05, 0) is 35.3 Å². The quantitative estimate of drug-likeness (QED) is 0.376. The zero-order chi connectivity index (χ0) is 19.9. The maximum atomic E-state index is 11.9. The Morgan fingerprint density at radius 2 is 1.86 bits per heavy atom. The summed E-state index contributed by atoms with van der Waals surface area (Å²) in [6.07, 6.45) is 3.07. The molecule has 3 aromatic rings. The summed E-state index contributed by atoms with van der Waals surface area (Å²) < 4.78 is 5.53. The van der Waals surface area contributed by atoms with Crippen molar-refractivity contribution in [2.24, 2.45) is 0 Å². The van der Waals surface area contributed by atoms with E-state index in [1.54, 1.807) is 6.08 Å². The summed E-state index contributed by atoms with van der Waals surface area (Å²) in [6.45, 7) is 4.26. The number of aromatic nitrogens is 1. The first kappa shape index (κ1) is 19.7. The number of amides is 2. The summed E-state index contributed by atoms with van der Waals surface area (Å²) in [5, 5.41) is 0.410. The third-order valence-corrected chi connectivity index (χ3v) is 4.78. The zero-order valence-corrected chi connectivity index (χ0v) is 16.5. The van der Waals surface area contributed by atoms with E-state index in [1.807, 2.05) is 48.5 Å². The summed E-state index contributed by atoms with van der Waals surface area (Å²) in [7, 11) is 0. The standard InChI is InChI=1S/C21H21N3O3S/c1-14(2)16-10-7-15(8-11-16)9-12-19(25)23-24-20(26)13-28-21-22-17-5-3-4-6-18(17)27-21/h3-12,14H,13H2,1-2H3,(H,23,25)(H,24,26)/b12-9+. The first-order valence-corrected chi connectivity index (χ1v) is 9.85. The van der Waals surface area contributed by atoms with Crippen LogP contribution in [-0.2, 0) is 9.59 Å². The van der Waals surface area contributed by atoms with Gasteiger partial charge in [-0.3, -0.25) is 20.4 Å². The van der Waals surface area contributed by atoms with Crippen LogP contribution in [0.25, 0.3) is 17.2 Å². The second-order valence-electron chi connectivity index (χ2n) is 6.43. The largest absolute Gasteiger partial charge is 0.431 e. The molecule has 0 aliphatic carbocycles. The number of nitrogens with one attached hydrogen (secondary N) is 2. The molecule has 0 atom stereocenters. The molecule has 6 nitrogen and oxygen atoms in total. The van der Waals surface area contributed by atoms with Crippen molar-refractivity contribution in [2.75, 3.05) is 5.75 Å². The van der Waals surface area contributed by atoms with Gasteiger partial charge in [-0.1, -0.05) is 62.0 Å². The van der Waals surface area contributed by atoms with Crippen LogP contribution >= 0.6 is 11.8 Å². The third-order valence-electron chi connectivity index (χ3n) is 3.96. The van der Waals surface area contributed by atoms with E-state index in [4.69, 9.17) is 4.42 Å². The van der Waals surface area contributed by atoms with Gasteiger partial charge in [0.2, 0.25) is 5.91 Å². The van der Waals surface area contributed by atoms with Gasteiger partial charge in [-0.15, -0.1) is 0 Å². The molecule has 2 aromatic carbocycles. The minimum Gasteiger partial charge on any atom is -0.431 e. The van der Waals surface area contributed by atoms with Crippen molar-refractivity contribution in [3.8, 4) is 0 Å². The minimum absolute atomic E-state index is 0.0769. The van der Waals surface area contributed by atoms with Gasteiger partial charge in [-0.2, -0.15) is 0 Å². The van der Waals surface area contributed by atoms with Crippen LogP contribution in [0.5, 0.6) is 0 Å². The number of benzene rings is 2. The Morgan fingerprint density at radius 3 is 2.57 bits per heavy atom. The molecule has 0 bridgehead atoms. The fraction of sp³-hybridized carbons (Fsp3) is 0.190. The molecule has 0 saturated heterocycles. The van der Waals surface area contributed by atoms with E-state index < -0.39 is 5.91 Å². The molecule has 0 fully saturated rings. The van der Waals surface area contributed by atoms with Crippen molar-refractivity contribution < 1.29 is 14.0 Å². The molecule has 3 rings (SSSR count). The zero-order valence-electron chi connectivity index (χ0n) is 15.6. The molecule has 0 aliphatic heterocycles. The number of carbonyl (C=O) groups is 2. The molecular formula is C21H21N3O3S. The second-order valence-corrected chi connectivity index (χ2v) is 7.35. The lowest BCUT2D eigenvalue weighted by Gasteiger charge is -2.05. The molecule has 2 amide bonds. The van der Waals surface area contributed by atoms with Crippen molar-refractivity contribution in [3.63, 3.8) is 0 Å². The van der Waals surface area contributed by atoms with Gasteiger partial charge in [0.05, 0.1) is 5.75 Å². The number of rotatable bonds is 6. The third kappa shape index (κ3) is 5.47. The molecule has 0 unspecified atom stereocenters. The molecule has 0 saturated carbocycles. The Hall–Kier alpha value is -3.06. The molecule has 28 heavy (non-hydrogen) atoms. The number of fused-ring (bicyclic) bond motifs is 1. The highest BCUT2D eigenvalue weighted by molar-refractivity contribution is 7.99. The fourth-order valence-corrected chi connectivity index (χ4v) is 3.05. The van der Waals surface area contributed by atoms with Gasteiger partial charge in [-0.25, -0.2) is 4.98 Å². The minimum atomic E-state index is -0.409. The van der Waals surface area contributed by atoms with Crippen molar-refractivity contribution in [1.29, 1.82) is 0 Å². The number of oxazole rings is 1. The first-order chi connectivity index (χ1) is 13.5. The summed E-state index contributed by atoms with van der Waals surface area (Å²) in [5.41, 5.74) is 8.29. The van der Waals surface area contributed by atoms with Gasteiger partial charge in [0.25, 0.3) is 11.1 Å². The second kappa shape index (κ2) is 9.23. The molecular weight excluding hydrogens is 374 g/mol. The van der Waals surface area contributed by atoms with Crippen LogP contribution in [0.2, 0.25) is 0 Å². The lowest BCUT2D eigenvalue weighted by atomic mass is 10.0. The van der Waals surface area contributed by atoms with Gasteiger partial charge in [0.1, 0.15) is 5.52 Å². The molecule has 0 spiro atoms.